The molecule has 1 saturated heterocycles. The quantitative estimate of drug-likeness (QED) is 0.793. The van der Waals surface area contributed by atoms with Crippen molar-refractivity contribution in [1.82, 2.24) is 14.8 Å². The summed E-state index contributed by atoms with van der Waals surface area (Å²) < 4.78 is 20.3. The maximum atomic E-state index is 13.4. The van der Waals surface area contributed by atoms with Gasteiger partial charge in [-0.25, -0.2) is 4.39 Å². The molecule has 4 rings (SSSR count). The Morgan fingerprint density at radius 1 is 1.26 bits per heavy atom. The minimum absolute atomic E-state index is 0.0227. The van der Waals surface area contributed by atoms with Crippen molar-refractivity contribution in [3.8, 4) is 5.69 Å². The van der Waals surface area contributed by atoms with Crippen molar-refractivity contribution < 1.29 is 18.7 Å². The molecule has 2 aromatic rings. The lowest BCUT2D eigenvalue weighted by Gasteiger charge is -2.30. The molecule has 7 nitrogen and oxygen atoms in total. The number of fused-ring (bicyclic) bond motifs is 1. The van der Waals surface area contributed by atoms with E-state index >= 15 is 0 Å². The van der Waals surface area contributed by atoms with E-state index < -0.39 is 17.3 Å². The average Bonchev–Trinajstić information content (AvgIpc) is 3.30. The summed E-state index contributed by atoms with van der Waals surface area (Å²) in [5, 5.41) is 2.85. The van der Waals surface area contributed by atoms with Crippen molar-refractivity contribution >= 4 is 11.8 Å². The van der Waals surface area contributed by atoms with Crippen LogP contribution >= 0.6 is 0 Å². The van der Waals surface area contributed by atoms with Gasteiger partial charge in [-0.3, -0.25) is 19.0 Å². The van der Waals surface area contributed by atoms with Gasteiger partial charge >= 0.3 is 0 Å². The molecular weight excluding hydrogens is 401 g/mol. The number of pyridine rings is 1. The van der Waals surface area contributed by atoms with Crippen LogP contribution in [-0.2, 0) is 22.5 Å². The Bertz CT molecular complexity index is 1040. The molecule has 0 aliphatic carbocycles. The summed E-state index contributed by atoms with van der Waals surface area (Å²) in [6.45, 7) is 3.63. The summed E-state index contributed by atoms with van der Waals surface area (Å²) in [5.74, 6) is -0.831. The minimum Gasteiger partial charge on any atom is -0.376 e. The van der Waals surface area contributed by atoms with E-state index in [1.807, 2.05) is 0 Å². The van der Waals surface area contributed by atoms with E-state index in [1.165, 1.54) is 28.8 Å². The zero-order chi connectivity index (χ0) is 22.0. The molecule has 1 N–H and O–H groups in total. The number of nitrogens with one attached hydrogen (secondary N) is 1. The molecule has 164 valence electrons. The second kappa shape index (κ2) is 9.01. The van der Waals surface area contributed by atoms with Gasteiger partial charge in [-0.15, -0.1) is 0 Å². The molecule has 3 heterocycles. The number of halogens is 1. The number of benzene rings is 1. The molecule has 31 heavy (non-hydrogen) atoms. The number of carbonyl (C=O) groups excluding carboxylic acids is 2. The monoisotopic (exact) mass is 427 g/mol. The topological polar surface area (TPSA) is 80.6 Å². The van der Waals surface area contributed by atoms with Gasteiger partial charge in [0, 0.05) is 44.5 Å². The lowest BCUT2D eigenvalue weighted by molar-refractivity contribution is -0.131. The van der Waals surface area contributed by atoms with E-state index in [-0.39, 0.29) is 17.6 Å². The Balaban J connectivity index is 1.74. The fourth-order valence-corrected chi connectivity index (χ4v) is 4.22. The molecule has 1 unspecified atom stereocenters. The van der Waals surface area contributed by atoms with Crippen LogP contribution in [0.15, 0.2) is 35.3 Å². The Morgan fingerprint density at radius 3 is 2.71 bits per heavy atom. The van der Waals surface area contributed by atoms with Crippen LogP contribution < -0.4 is 10.9 Å². The first-order chi connectivity index (χ1) is 15.0. The summed E-state index contributed by atoms with van der Waals surface area (Å²) in [4.78, 5) is 40.4. The molecule has 8 heteroatoms. The third-order valence-corrected chi connectivity index (χ3v) is 5.90. The van der Waals surface area contributed by atoms with Crippen molar-refractivity contribution in [3.05, 3.63) is 63.3 Å². The van der Waals surface area contributed by atoms with Gasteiger partial charge in [-0.1, -0.05) is 6.92 Å². The van der Waals surface area contributed by atoms with Crippen LogP contribution in [0.2, 0.25) is 0 Å². The van der Waals surface area contributed by atoms with E-state index in [9.17, 15) is 18.8 Å². The molecule has 1 atom stereocenters. The highest BCUT2D eigenvalue weighted by Crippen LogP contribution is 2.23. The number of rotatable bonds is 5. The van der Waals surface area contributed by atoms with Gasteiger partial charge in [-0.2, -0.15) is 0 Å². The summed E-state index contributed by atoms with van der Waals surface area (Å²) in [5.41, 5.74) is 1.52. The first-order valence-electron chi connectivity index (χ1n) is 10.7. The highest BCUT2D eigenvalue weighted by molar-refractivity contribution is 5.96. The van der Waals surface area contributed by atoms with Crippen LogP contribution in [0, 0.1) is 5.82 Å². The van der Waals surface area contributed by atoms with E-state index in [4.69, 9.17) is 4.74 Å². The molecule has 0 spiro atoms. The number of amides is 2. The molecule has 0 bridgehead atoms. The minimum atomic E-state index is -0.453. The first-order valence-corrected chi connectivity index (χ1v) is 10.7. The standard InChI is InChI=1S/C23H26FN3O4/c1-2-20(28)26-10-9-19-15(13-26)14-27(17-7-5-16(24)6-8-17)23(30)21(19)22(29)25-12-18-4-3-11-31-18/h5-8,14,18H,2-4,9-13H2,1H3,(H,25,29). The highest BCUT2D eigenvalue weighted by Gasteiger charge is 2.28. The molecule has 1 aromatic carbocycles. The second-order valence-electron chi connectivity index (χ2n) is 7.92. The lowest BCUT2D eigenvalue weighted by atomic mass is 9.95. The zero-order valence-electron chi connectivity index (χ0n) is 17.5. The number of aromatic nitrogens is 1. The molecule has 2 aliphatic rings. The normalized spacial score (nSPS) is 18.0. The Kier molecular flexibility index (Phi) is 6.18. The van der Waals surface area contributed by atoms with E-state index in [1.54, 1.807) is 18.0 Å². The third kappa shape index (κ3) is 4.39. The van der Waals surface area contributed by atoms with Crippen LogP contribution in [0.5, 0.6) is 0 Å². The van der Waals surface area contributed by atoms with Gasteiger partial charge in [0.15, 0.2) is 0 Å². The molecular formula is C23H26FN3O4. The maximum absolute atomic E-state index is 13.4. The summed E-state index contributed by atoms with van der Waals surface area (Å²) in [6, 6.07) is 5.53. The van der Waals surface area contributed by atoms with Gasteiger partial charge in [-0.05, 0) is 54.7 Å². The van der Waals surface area contributed by atoms with Gasteiger partial charge in [0.1, 0.15) is 11.4 Å². The Labute approximate surface area is 179 Å². The maximum Gasteiger partial charge on any atom is 0.268 e. The fraction of sp³-hybridized carbons (Fsp3) is 0.435. The predicted octanol–water partition coefficient (Wildman–Crippen LogP) is 2.18. The SMILES string of the molecule is CCC(=O)N1CCc2c(cn(-c3ccc(F)cc3)c(=O)c2C(=O)NCC2CCCO2)C1. The van der Waals surface area contributed by atoms with Gasteiger partial charge < -0.3 is 15.0 Å². The summed E-state index contributed by atoms with van der Waals surface area (Å²) in [6.07, 6.45) is 4.28. The van der Waals surface area contributed by atoms with Crippen LogP contribution in [0.1, 0.15) is 47.7 Å². The van der Waals surface area contributed by atoms with E-state index in [2.05, 4.69) is 5.32 Å². The summed E-state index contributed by atoms with van der Waals surface area (Å²) >= 11 is 0. The van der Waals surface area contributed by atoms with Crippen molar-refractivity contribution in [2.75, 3.05) is 19.7 Å². The zero-order valence-corrected chi connectivity index (χ0v) is 17.5. The fourth-order valence-electron chi connectivity index (χ4n) is 4.22. The molecule has 0 radical (unpaired) electrons. The van der Waals surface area contributed by atoms with Gasteiger partial charge in [0.25, 0.3) is 11.5 Å². The molecule has 1 fully saturated rings. The van der Waals surface area contributed by atoms with Crippen molar-refractivity contribution in [3.63, 3.8) is 0 Å². The van der Waals surface area contributed by atoms with Crippen LogP contribution in [-0.4, -0.2) is 47.1 Å². The van der Waals surface area contributed by atoms with Gasteiger partial charge in [0.2, 0.25) is 5.91 Å². The number of hydrogen-bond acceptors (Lipinski definition) is 4. The van der Waals surface area contributed by atoms with Crippen LogP contribution in [0.4, 0.5) is 4.39 Å². The number of hydrogen-bond donors (Lipinski definition) is 1. The average molecular weight is 427 g/mol. The Morgan fingerprint density at radius 2 is 2.03 bits per heavy atom. The predicted molar refractivity (Wildman–Crippen MR) is 113 cm³/mol. The molecule has 1 aromatic heterocycles. The highest BCUT2D eigenvalue weighted by atomic mass is 19.1. The lowest BCUT2D eigenvalue weighted by Crippen LogP contribution is -2.42. The molecule has 0 saturated carbocycles. The third-order valence-electron chi connectivity index (χ3n) is 5.90. The van der Waals surface area contributed by atoms with Crippen LogP contribution in [0.25, 0.3) is 5.69 Å². The van der Waals surface area contributed by atoms with E-state index in [0.717, 1.165) is 18.4 Å². The number of carbonyl (C=O) groups is 2. The van der Waals surface area contributed by atoms with Crippen molar-refractivity contribution in [2.24, 2.45) is 0 Å². The first kappa shape index (κ1) is 21.2. The molecule has 2 amide bonds. The molecule has 2 aliphatic heterocycles. The van der Waals surface area contributed by atoms with Crippen molar-refractivity contribution in [1.29, 1.82) is 0 Å². The summed E-state index contributed by atoms with van der Waals surface area (Å²) in [7, 11) is 0. The smallest absolute Gasteiger partial charge is 0.268 e. The van der Waals surface area contributed by atoms with Crippen LogP contribution in [0.3, 0.4) is 0 Å². The second-order valence-corrected chi connectivity index (χ2v) is 7.92. The van der Waals surface area contributed by atoms with E-state index in [0.29, 0.717) is 50.3 Å². The number of ether oxygens (including phenoxy) is 1. The number of nitrogens with zero attached hydrogens (tertiary/aromatic N) is 2. The largest absolute Gasteiger partial charge is 0.376 e. The van der Waals surface area contributed by atoms with Gasteiger partial charge in [0.05, 0.1) is 6.10 Å². The van der Waals surface area contributed by atoms with Crippen molar-refractivity contribution in [2.45, 2.75) is 45.3 Å². The Hall–Kier alpha value is -3.00.